The summed E-state index contributed by atoms with van der Waals surface area (Å²) in [4.78, 5) is 2.86. The van der Waals surface area contributed by atoms with Gasteiger partial charge < -0.3 is 5.32 Å². The van der Waals surface area contributed by atoms with Gasteiger partial charge in [0.2, 0.25) is 0 Å². The van der Waals surface area contributed by atoms with Crippen LogP contribution in [0.4, 0.5) is 0 Å². The first-order valence-corrected chi connectivity index (χ1v) is 6.90. The third-order valence-corrected chi connectivity index (χ3v) is 4.75. The van der Waals surface area contributed by atoms with Gasteiger partial charge in [-0.05, 0) is 44.6 Å². The molecule has 0 aromatic carbocycles. The minimum Gasteiger partial charge on any atom is -0.315 e. The van der Waals surface area contributed by atoms with E-state index >= 15 is 0 Å². The summed E-state index contributed by atoms with van der Waals surface area (Å²) >= 11 is 0. The predicted octanol–water partition coefficient (Wildman–Crippen LogP) is 2.00. The standard InChI is InChI=1S/C13H24N2/c1-2-4-11(3-1)10-15-12-5-6-13(15)9-14-8-7-12/h11-14H,1-10H2. The molecule has 0 aromatic heterocycles. The van der Waals surface area contributed by atoms with Gasteiger partial charge >= 0.3 is 0 Å². The summed E-state index contributed by atoms with van der Waals surface area (Å²) in [6.07, 6.45) is 10.3. The van der Waals surface area contributed by atoms with Gasteiger partial charge in [-0.1, -0.05) is 12.8 Å². The van der Waals surface area contributed by atoms with Crippen LogP contribution >= 0.6 is 0 Å². The summed E-state index contributed by atoms with van der Waals surface area (Å²) in [7, 11) is 0. The monoisotopic (exact) mass is 208 g/mol. The fourth-order valence-corrected chi connectivity index (χ4v) is 3.87. The van der Waals surface area contributed by atoms with Crippen LogP contribution in [-0.4, -0.2) is 36.6 Å². The molecule has 1 saturated carbocycles. The Morgan fingerprint density at radius 3 is 2.60 bits per heavy atom. The van der Waals surface area contributed by atoms with Crippen molar-refractivity contribution in [1.82, 2.24) is 10.2 Å². The first-order chi connectivity index (χ1) is 7.43. The molecule has 2 heteroatoms. The lowest BCUT2D eigenvalue weighted by molar-refractivity contribution is 0.171. The van der Waals surface area contributed by atoms with E-state index in [2.05, 4.69) is 10.2 Å². The fraction of sp³-hybridized carbons (Fsp3) is 1.00. The molecule has 3 aliphatic rings. The van der Waals surface area contributed by atoms with Crippen LogP contribution in [0.2, 0.25) is 0 Å². The van der Waals surface area contributed by atoms with Crippen molar-refractivity contribution >= 4 is 0 Å². The molecule has 0 spiro atoms. The third-order valence-electron chi connectivity index (χ3n) is 4.75. The smallest absolute Gasteiger partial charge is 0.0224 e. The highest BCUT2D eigenvalue weighted by Gasteiger charge is 2.36. The zero-order valence-electron chi connectivity index (χ0n) is 9.75. The van der Waals surface area contributed by atoms with E-state index in [0.29, 0.717) is 0 Å². The lowest BCUT2D eigenvalue weighted by Crippen LogP contribution is -2.40. The van der Waals surface area contributed by atoms with Crippen molar-refractivity contribution in [2.45, 2.75) is 57.0 Å². The van der Waals surface area contributed by atoms with Crippen LogP contribution in [0.1, 0.15) is 44.9 Å². The second kappa shape index (κ2) is 4.42. The average molecular weight is 208 g/mol. The molecule has 2 atom stereocenters. The van der Waals surface area contributed by atoms with Crippen molar-refractivity contribution in [2.24, 2.45) is 5.92 Å². The average Bonchev–Trinajstić information content (AvgIpc) is 2.76. The minimum absolute atomic E-state index is 0.873. The molecule has 2 heterocycles. The predicted molar refractivity (Wildman–Crippen MR) is 63.0 cm³/mol. The van der Waals surface area contributed by atoms with Crippen molar-refractivity contribution < 1.29 is 0 Å². The van der Waals surface area contributed by atoms with Crippen molar-refractivity contribution in [3.05, 3.63) is 0 Å². The van der Waals surface area contributed by atoms with E-state index < -0.39 is 0 Å². The molecule has 0 radical (unpaired) electrons. The zero-order valence-corrected chi connectivity index (χ0v) is 9.75. The molecule has 1 aliphatic carbocycles. The Morgan fingerprint density at radius 2 is 1.73 bits per heavy atom. The molecule has 15 heavy (non-hydrogen) atoms. The van der Waals surface area contributed by atoms with Gasteiger partial charge in [-0.3, -0.25) is 4.90 Å². The molecule has 2 saturated heterocycles. The maximum absolute atomic E-state index is 3.59. The Morgan fingerprint density at radius 1 is 0.933 bits per heavy atom. The van der Waals surface area contributed by atoms with Crippen LogP contribution in [0.5, 0.6) is 0 Å². The van der Waals surface area contributed by atoms with Crippen molar-refractivity contribution in [1.29, 1.82) is 0 Å². The molecule has 2 nitrogen and oxygen atoms in total. The van der Waals surface area contributed by atoms with Crippen LogP contribution in [0.3, 0.4) is 0 Å². The van der Waals surface area contributed by atoms with E-state index in [1.54, 1.807) is 0 Å². The summed E-state index contributed by atoms with van der Waals surface area (Å²) in [5.74, 6) is 1.03. The van der Waals surface area contributed by atoms with Gasteiger partial charge in [-0.15, -0.1) is 0 Å². The van der Waals surface area contributed by atoms with Crippen LogP contribution in [0, 0.1) is 5.92 Å². The maximum atomic E-state index is 3.59. The third kappa shape index (κ3) is 2.07. The van der Waals surface area contributed by atoms with E-state index in [9.17, 15) is 0 Å². The molecule has 0 amide bonds. The molecule has 2 aliphatic heterocycles. The Balaban J connectivity index is 1.63. The molecule has 3 fully saturated rings. The first kappa shape index (κ1) is 10.1. The van der Waals surface area contributed by atoms with E-state index in [0.717, 1.165) is 18.0 Å². The molecule has 86 valence electrons. The van der Waals surface area contributed by atoms with Gasteiger partial charge in [0.05, 0.1) is 0 Å². The summed E-state index contributed by atoms with van der Waals surface area (Å²) in [5.41, 5.74) is 0. The van der Waals surface area contributed by atoms with E-state index in [4.69, 9.17) is 0 Å². The minimum atomic E-state index is 0.873. The van der Waals surface area contributed by atoms with Crippen LogP contribution in [0.25, 0.3) is 0 Å². The van der Waals surface area contributed by atoms with Gasteiger partial charge in [0, 0.05) is 25.2 Å². The van der Waals surface area contributed by atoms with Gasteiger partial charge in [0.1, 0.15) is 0 Å². The lowest BCUT2D eigenvalue weighted by Gasteiger charge is -2.30. The second-order valence-corrected chi connectivity index (χ2v) is 5.73. The maximum Gasteiger partial charge on any atom is 0.0224 e. The van der Waals surface area contributed by atoms with Crippen LogP contribution < -0.4 is 5.32 Å². The van der Waals surface area contributed by atoms with E-state index in [-0.39, 0.29) is 0 Å². The molecular weight excluding hydrogens is 184 g/mol. The summed E-state index contributed by atoms with van der Waals surface area (Å²) < 4.78 is 0. The first-order valence-electron chi connectivity index (χ1n) is 6.90. The fourth-order valence-electron chi connectivity index (χ4n) is 3.87. The van der Waals surface area contributed by atoms with Crippen molar-refractivity contribution in [2.75, 3.05) is 19.6 Å². The molecule has 1 N–H and O–H groups in total. The molecule has 0 aromatic rings. The Hall–Kier alpha value is -0.0800. The van der Waals surface area contributed by atoms with Crippen LogP contribution in [-0.2, 0) is 0 Å². The Kier molecular flexibility index (Phi) is 2.98. The molecule has 2 bridgehead atoms. The SMILES string of the molecule is C1CCC(CN2C3CCNCC2CC3)C1. The number of nitrogens with zero attached hydrogens (tertiary/aromatic N) is 1. The van der Waals surface area contributed by atoms with Crippen molar-refractivity contribution in [3.8, 4) is 0 Å². The van der Waals surface area contributed by atoms with Crippen LogP contribution in [0.15, 0.2) is 0 Å². The molecule has 2 unspecified atom stereocenters. The zero-order chi connectivity index (χ0) is 10.1. The summed E-state index contributed by atoms with van der Waals surface area (Å²) in [5, 5.41) is 3.59. The highest BCUT2D eigenvalue weighted by Crippen LogP contribution is 2.32. The van der Waals surface area contributed by atoms with Gasteiger partial charge in [0.25, 0.3) is 0 Å². The van der Waals surface area contributed by atoms with Crippen molar-refractivity contribution in [3.63, 3.8) is 0 Å². The van der Waals surface area contributed by atoms with Gasteiger partial charge in [-0.25, -0.2) is 0 Å². The van der Waals surface area contributed by atoms with E-state index in [1.807, 2.05) is 0 Å². The topological polar surface area (TPSA) is 15.3 Å². The summed E-state index contributed by atoms with van der Waals surface area (Å²) in [6.45, 7) is 3.92. The van der Waals surface area contributed by atoms with E-state index in [1.165, 1.54) is 64.6 Å². The number of nitrogens with one attached hydrogen (secondary N) is 1. The largest absolute Gasteiger partial charge is 0.315 e. The Bertz CT molecular complexity index is 197. The van der Waals surface area contributed by atoms with Gasteiger partial charge in [-0.2, -0.15) is 0 Å². The highest BCUT2D eigenvalue weighted by molar-refractivity contribution is 4.93. The molecular formula is C13H24N2. The number of fused-ring (bicyclic) bond motifs is 2. The normalized spacial score (nSPS) is 38.4. The number of hydrogen-bond acceptors (Lipinski definition) is 2. The highest BCUT2D eigenvalue weighted by atomic mass is 15.2. The quantitative estimate of drug-likeness (QED) is 0.747. The van der Waals surface area contributed by atoms with Gasteiger partial charge in [0.15, 0.2) is 0 Å². The Labute approximate surface area is 93.4 Å². The second-order valence-electron chi connectivity index (χ2n) is 5.73. The molecule has 3 rings (SSSR count). The number of rotatable bonds is 2. The summed E-state index contributed by atoms with van der Waals surface area (Å²) in [6, 6.07) is 1.80. The number of hydrogen-bond donors (Lipinski definition) is 1. The lowest BCUT2D eigenvalue weighted by atomic mass is 10.1.